The average Bonchev–Trinajstić information content (AvgIpc) is 2.76. The first-order valence-corrected chi connectivity index (χ1v) is 7.74. The highest BCUT2D eigenvalue weighted by Gasteiger charge is 2.25. The number of benzene rings is 1. The minimum Gasteiger partial charge on any atom is -0.478 e. The molecule has 2 rings (SSSR count). The molecular weight excluding hydrogens is 326 g/mol. The van der Waals surface area contributed by atoms with Gasteiger partial charge in [-0.15, -0.1) is 11.3 Å². The molecule has 10 heteroatoms. The SMILES string of the molecule is Cc1csc(NS(=O)(=O)c2cc(C(=O)O)cc(F)c2F)n1. The Balaban J connectivity index is 2.51. The van der Waals surface area contributed by atoms with Crippen LogP contribution in [0.3, 0.4) is 0 Å². The van der Waals surface area contributed by atoms with Crippen molar-refractivity contribution >= 4 is 32.5 Å². The number of hydrogen-bond acceptors (Lipinski definition) is 5. The Hall–Kier alpha value is -2.07. The van der Waals surface area contributed by atoms with Gasteiger partial charge in [0.05, 0.1) is 11.3 Å². The minimum absolute atomic E-state index is 0.0342. The Kier molecular flexibility index (Phi) is 3.92. The third-order valence-corrected chi connectivity index (χ3v) is 4.71. The number of aromatic nitrogens is 1. The number of carboxylic acids is 1. The van der Waals surface area contributed by atoms with Crippen LogP contribution in [0.2, 0.25) is 0 Å². The second kappa shape index (κ2) is 5.37. The van der Waals surface area contributed by atoms with Gasteiger partial charge in [-0.2, -0.15) is 0 Å². The van der Waals surface area contributed by atoms with Crippen molar-refractivity contribution in [1.82, 2.24) is 4.98 Å². The molecule has 1 aromatic carbocycles. The van der Waals surface area contributed by atoms with Crippen LogP contribution in [0.1, 0.15) is 16.1 Å². The lowest BCUT2D eigenvalue weighted by atomic mass is 10.2. The van der Waals surface area contributed by atoms with Gasteiger partial charge in [-0.1, -0.05) is 0 Å². The van der Waals surface area contributed by atoms with Crippen molar-refractivity contribution in [3.05, 3.63) is 40.4 Å². The summed E-state index contributed by atoms with van der Waals surface area (Å²) in [5, 5.41) is 10.3. The topological polar surface area (TPSA) is 96.4 Å². The van der Waals surface area contributed by atoms with Crippen molar-refractivity contribution in [3.8, 4) is 0 Å². The number of nitrogens with one attached hydrogen (secondary N) is 1. The molecule has 0 amide bonds. The van der Waals surface area contributed by atoms with Crippen molar-refractivity contribution in [2.45, 2.75) is 11.8 Å². The lowest BCUT2D eigenvalue weighted by Gasteiger charge is -2.08. The van der Waals surface area contributed by atoms with Gasteiger partial charge in [0.15, 0.2) is 16.8 Å². The number of carboxylic acid groups (broad SMARTS) is 1. The van der Waals surface area contributed by atoms with Crippen molar-refractivity contribution < 1.29 is 27.1 Å². The molecule has 0 unspecified atom stereocenters. The number of anilines is 1. The van der Waals surface area contributed by atoms with Gasteiger partial charge in [-0.25, -0.2) is 27.0 Å². The zero-order valence-corrected chi connectivity index (χ0v) is 12.1. The summed E-state index contributed by atoms with van der Waals surface area (Å²) in [6.45, 7) is 1.62. The molecule has 0 saturated carbocycles. The molecule has 2 N–H and O–H groups in total. The van der Waals surface area contributed by atoms with Gasteiger partial charge < -0.3 is 5.11 Å². The summed E-state index contributed by atoms with van der Waals surface area (Å²) in [5.74, 6) is -4.79. The first kappa shape index (κ1) is 15.3. The lowest BCUT2D eigenvalue weighted by molar-refractivity contribution is 0.0696. The summed E-state index contributed by atoms with van der Waals surface area (Å²) in [4.78, 5) is 13.5. The van der Waals surface area contributed by atoms with E-state index < -0.39 is 38.1 Å². The normalized spacial score (nSPS) is 11.4. The number of nitrogens with zero attached hydrogens (tertiary/aromatic N) is 1. The molecular formula is C11H8F2N2O4S2. The predicted molar refractivity (Wildman–Crippen MR) is 71.0 cm³/mol. The summed E-state index contributed by atoms with van der Waals surface area (Å²) >= 11 is 0.958. The van der Waals surface area contributed by atoms with Crippen molar-refractivity contribution in [1.29, 1.82) is 0 Å². The number of halogens is 2. The van der Waals surface area contributed by atoms with E-state index in [1.807, 2.05) is 4.72 Å². The number of aromatic carboxylic acids is 1. The highest BCUT2D eigenvalue weighted by Crippen LogP contribution is 2.24. The monoisotopic (exact) mass is 334 g/mol. The van der Waals surface area contributed by atoms with Gasteiger partial charge in [0, 0.05) is 5.38 Å². The summed E-state index contributed by atoms with van der Waals surface area (Å²) in [7, 11) is -4.49. The molecule has 1 heterocycles. The second-order valence-corrected chi connectivity index (χ2v) is 6.48. The zero-order valence-electron chi connectivity index (χ0n) is 10.4. The quantitative estimate of drug-likeness (QED) is 0.894. The fraction of sp³-hybridized carbons (Fsp3) is 0.0909. The fourth-order valence-corrected chi connectivity index (χ4v) is 3.51. The van der Waals surface area contributed by atoms with E-state index in [4.69, 9.17) is 5.11 Å². The second-order valence-electron chi connectivity index (χ2n) is 3.97. The highest BCUT2D eigenvalue weighted by atomic mass is 32.2. The summed E-state index contributed by atoms with van der Waals surface area (Å²) in [6, 6.07) is 0.952. The molecule has 0 atom stereocenters. The van der Waals surface area contributed by atoms with Crippen molar-refractivity contribution in [2.24, 2.45) is 0 Å². The first-order valence-electron chi connectivity index (χ1n) is 5.38. The number of rotatable bonds is 4. The van der Waals surface area contributed by atoms with Crippen LogP contribution >= 0.6 is 11.3 Å². The van der Waals surface area contributed by atoms with Gasteiger partial charge in [-0.05, 0) is 19.1 Å². The van der Waals surface area contributed by atoms with Gasteiger partial charge in [-0.3, -0.25) is 4.72 Å². The molecule has 0 aliphatic carbocycles. The van der Waals surface area contributed by atoms with Crippen LogP contribution < -0.4 is 4.72 Å². The average molecular weight is 334 g/mol. The molecule has 0 radical (unpaired) electrons. The van der Waals surface area contributed by atoms with Crippen molar-refractivity contribution in [2.75, 3.05) is 4.72 Å². The maximum atomic E-state index is 13.6. The van der Waals surface area contributed by atoms with E-state index in [0.29, 0.717) is 17.8 Å². The fourth-order valence-electron chi connectivity index (χ4n) is 1.45. The molecule has 0 bridgehead atoms. The van der Waals surface area contributed by atoms with Gasteiger partial charge >= 0.3 is 5.97 Å². The minimum atomic E-state index is -4.49. The Bertz CT molecular complexity index is 818. The van der Waals surface area contributed by atoms with E-state index in [1.165, 1.54) is 0 Å². The maximum Gasteiger partial charge on any atom is 0.335 e. The number of carbonyl (C=O) groups is 1. The molecule has 21 heavy (non-hydrogen) atoms. The Labute approximate surface area is 122 Å². The molecule has 0 fully saturated rings. The van der Waals surface area contributed by atoms with E-state index in [2.05, 4.69) is 4.98 Å². The molecule has 1 aromatic heterocycles. The van der Waals surface area contributed by atoms with E-state index in [0.717, 1.165) is 11.3 Å². The maximum absolute atomic E-state index is 13.6. The van der Waals surface area contributed by atoms with E-state index in [9.17, 15) is 22.0 Å². The van der Waals surface area contributed by atoms with Gasteiger partial charge in [0.25, 0.3) is 10.0 Å². The molecule has 0 saturated heterocycles. The Morgan fingerprint density at radius 2 is 2.05 bits per heavy atom. The number of sulfonamides is 1. The van der Waals surface area contributed by atoms with Crippen LogP contribution in [-0.4, -0.2) is 24.5 Å². The van der Waals surface area contributed by atoms with Crippen molar-refractivity contribution in [3.63, 3.8) is 0 Å². The van der Waals surface area contributed by atoms with Crippen LogP contribution in [0.4, 0.5) is 13.9 Å². The van der Waals surface area contributed by atoms with Crippen LogP contribution in [0.5, 0.6) is 0 Å². The molecule has 112 valence electrons. The largest absolute Gasteiger partial charge is 0.478 e. The Morgan fingerprint density at radius 3 is 2.57 bits per heavy atom. The first-order chi connectivity index (χ1) is 9.70. The summed E-state index contributed by atoms with van der Waals surface area (Å²) in [6.07, 6.45) is 0. The van der Waals surface area contributed by atoms with Crippen LogP contribution in [0.15, 0.2) is 22.4 Å². The smallest absolute Gasteiger partial charge is 0.335 e. The predicted octanol–water partition coefficient (Wildman–Crippen LogP) is 2.23. The van der Waals surface area contributed by atoms with Gasteiger partial charge in [0.2, 0.25) is 0 Å². The van der Waals surface area contributed by atoms with Crippen LogP contribution in [0.25, 0.3) is 0 Å². The van der Waals surface area contributed by atoms with Gasteiger partial charge in [0.1, 0.15) is 4.90 Å². The highest BCUT2D eigenvalue weighted by molar-refractivity contribution is 7.93. The zero-order chi connectivity index (χ0) is 15.8. The molecule has 2 aromatic rings. The Morgan fingerprint density at radius 1 is 1.38 bits per heavy atom. The lowest BCUT2D eigenvalue weighted by Crippen LogP contribution is -2.16. The molecule has 0 aliphatic rings. The molecule has 0 aliphatic heterocycles. The van der Waals surface area contributed by atoms with E-state index >= 15 is 0 Å². The standard InChI is InChI=1S/C11H8F2N2O4S2/c1-5-4-20-11(14-5)15-21(18,19)8-3-6(10(16)17)2-7(12)9(8)13/h2-4H,1H3,(H,14,15)(H,16,17). The van der Waals surface area contributed by atoms with E-state index in [1.54, 1.807) is 12.3 Å². The third kappa shape index (κ3) is 3.16. The van der Waals surface area contributed by atoms with Crippen LogP contribution in [0, 0.1) is 18.6 Å². The number of hydrogen-bond donors (Lipinski definition) is 2. The summed E-state index contributed by atoms with van der Waals surface area (Å²) < 4.78 is 53.0. The molecule has 0 spiro atoms. The molecule has 6 nitrogen and oxygen atoms in total. The third-order valence-electron chi connectivity index (χ3n) is 2.37. The number of thiazole rings is 1. The van der Waals surface area contributed by atoms with Crippen LogP contribution in [-0.2, 0) is 10.0 Å². The number of aryl methyl sites for hydroxylation is 1. The summed E-state index contributed by atoms with van der Waals surface area (Å²) in [5.41, 5.74) is -0.131. The van der Waals surface area contributed by atoms with E-state index in [-0.39, 0.29) is 5.13 Å².